The molecule has 0 fully saturated rings. The van der Waals surface area contributed by atoms with Gasteiger partial charge in [0.15, 0.2) is 0 Å². The average Bonchev–Trinajstić information content (AvgIpc) is 1.63. The highest BCUT2D eigenvalue weighted by molar-refractivity contribution is 6.43. The van der Waals surface area contributed by atoms with Gasteiger partial charge in [-0.1, -0.05) is 0 Å². The first-order chi connectivity index (χ1) is 4.04. The SMILES string of the molecule is O=C(F)C(=O)OB(O)O. The summed E-state index contributed by atoms with van der Waals surface area (Å²) in [6, 6.07) is -2.37. The summed E-state index contributed by atoms with van der Waals surface area (Å²) < 4.78 is 14.4. The highest BCUT2D eigenvalue weighted by atomic mass is 19.1. The molecule has 0 aliphatic rings. The predicted octanol–water partition coefficient (Wildman–Crippen LogP) is -2.00. The molecular formula is C2H2BFO5. The highest BCUT2D eigenvalue weighted by Gasteiger charge is 2.21. The Balaban J connectivity index is 3.65. The maximum atomic E-state index is 11.1. The maximum absolute atomic E-state index is 11.1. The van der Waals surface area contributed by atoms with Crippen LogP contribution in [-0.2, 0) is 14.2 Å². The molecule has 50 valence electrons. The number of rotatable bonds is 2. The number of hydrogen-bond acceptors (Lipinski definition) is 5. The van der Waals surface area contributed by atoms with Crippen LogP contribution in [0.5, 0.6) is 0 Å². The molecule has 0 aromatic carbocycles. The monoisotopic (exact) mass is 136 g/mol. The number of halogens is 1. The smallest absolute Gasteiger partial charge is 0.477 e. The van der Waals surface area contributed by atoms with Gasteiger partial charge in [-0.15, -0.1) is 0 Å². The lowest BCUT2D eigenvalue weighted by atomic mass is 10.3. The fourth-order valence-electron chi connectivity index (χ4n) is 0.142. The average molecular weight is 136 g/mol. The fourth-order valence-corrected chi connectivity index (χ4v) is 0.142. The molecule has 5 nitrogen and oxygen atoms in total. The number of carbonyl (C=O) groups excluding carboxylic acids is 2. The molecule has 0 aromatic rings. The molecule has 0 aliphatic carbocycles. The quantitative estimate of drug-likeness (QED) is 0.260. The summed E-state index contributed by atoms with van der Waals surface area (Å²) in [5.74, 6) is -1.93. The van der Waals surface area contributed by atoms with Crippen LogP contribution in [0.4, 0.5) is 4.39 Å². The molecule has 0 rings (SSSR count). The van der Waals surface area contributed by atoms with E-state index in [1.165, 1.54) is 0 Å². The first-order valence-corrected chi connectivity index (χ1v) is 1.80. The minimum atomic E-state index is -2.45. The zero-order chi connectivity index (χ0) is 7.44. The standard InChI is InChI=1S/C2H2BFO5/c4-1(5)2(6)9-3(7)8/h7-8H. The van der Waals surface area contributed by atoms with Crippen molar-refractivity contribution in [2.24, 2.45) is 0 Å². The lowest BCUT2D eigenvalue weighted by Crippen LogP contribution is -2.25. The van der Waals surface area contributed by atoms with Crippen molar-refractivity contribution in [1.82, 2.24) is 0 Å². The Bertz CT molecular complexity index is 133. The third-order valence-electron chi connectivity index (χ3n) is 0.373. The van der Waals surface area contributed by atoms with Crippen molar-refractivity contribution in [3.63, 3.8) is 0 Å². The van der Waals surface area contributed by atoms with E-state index in [0.717, 1.165) is 0 Å². The van der Waals surface area contributed by atoms with Crippen molar-refractivity contribution in [3.8, 4) is 0 Å². The van der Waals surface area contributed by atoms with Crippen LogP contribution in [0, 0.1) is 0 Å². The largest absolute Gasteiger partial charge is 0.709 e. The van der Waals surface area contributed by atoms with E-state index < -0.39 is 19.3 Å². The molecule has 0 atom stereocenters. The minimum Gasteiger partial charge on any atom is -0.477 e. The molecule has 0 heterocycles. The van der Waals surface area contributed by atoms with Crippen LogP contribution >= 0.6 is 0 Å². The van der Waals surface area contributed by atoms with E-state index in [4.69, 9.17) is 10.0 Å². The Kier molecular flexibility index (Phi) is 2.82. The molecule has 0 aliphatic heterocycles. The van der Waals surface area contributed by atoms with Crippen LogP contribution in [-0.4, -0.2) is 29.4 Å². The van der Waals surface area contributed by atoms with Crippen molar-refractivity contribution in [1.29, 1.82) is 0 Å². The third kappa shape index (κ3) is 3.62. The predicted molar refractivity (Wildman–Crippen MR) is 22.4 cm³/mol. The molecule has 0 amide bonds. The minimum absolute atomic E-state index is 1.93. The highest BCUT2D eigenvalue weighted by Crippen LogP contribution is 1.81. The third-order valence-corrected chi connectivity index (χ3v) is 0.373. The maximum Gasteiger partial charge on any atom is 0.709 e. The molecule has 0 bridgehead atoms. The summed E-state index contributed by atoms with van der Waals surface area (Å²) in [6.07, 6.45) is 0. The fraction of sp³-hybridized carbons (Fsp3) is 0. The van der Waals surface area contributed by atoms with Crippen LogP contribution in [0.15, 0.2) is 0 Å². The van der Waals surface area contributed by atoms with Gasteiger partial charge >= 0.3 is 19.3 Å². The molecule has 0 aromatic heterocycles. The number of hydrogen-bond donors (Lipinski definition) is 2. The van der Waals surface area contributed by atoms with Crippen molar-refractivity contribution in [2.45, 2.75) is 0 Å². The van der Waals surface area contributed by atoms with E-state index >= 15 is 0 Å². The first-order valence-electron chi connectivity index (χ1n) is 1.80. The zero-order valence-corrected chi connectivity index (χ0v) is 4.07. The summed E-state index contributed by atoms with van der Waals surface area (Å²) in [5.41, 5.74) is 0. The Hall–Kier alpha value is -0.945. The van der Waals surface area contributed by atoms with Crippen molar-refractivity contribution >= 4 is 19.3 Å². The van der Waals surface area contributed by atoms with E-state index in [2.05, 4.69) is 4.65 Å². The molecule has 0 saturated carbocycles. The molecule has 0 unspecified atom stereocenters. The van der Waals surface area contributed by atoms with Crippen LogP contribution in [0.3, 0.4) is 0 Å². The van der Waals surface area contributed by atoms with Gasteiger partial charge in [-0.2, -0.15) is 4.39 Å². The van der Waals surface area contributed by atoms with E-state index in [1.807, 2.05) is 0 Å². The van der Waals surface area contributed by atoms with Crippen molar-refractivity contribution in [3.05, 3.63) is 0 Å². The van der Waals surface area contributed by atoms with Crippen LogP contribution in [0.2, 0.25) is 0 Å². The van der Waals surface area contributed by atoms with Gasteiger partial charge in [0.1, 0.15) is 0 Å². The molecule has 2 N–H and O–H groups in total. The Morgan fingerprint density at radius 3 is 2.00 bits per heavy atom. The van der Waals surface area contributed by atoms with Gasteiger partial charge in [0.2, 0.25) is 0 Å². The molecule has 0 saturated heterocycles. The molecule has 7 heteroatoms. The summed E-state index contributed by atoms with van der Waals surface area (Å²) in [5, 5.41) is 15.5. The lowest BCUT2D eigenvalue weighted by Gasteiger charge is -1.94. The Morgan fingerprint density at radius 1 is 1.44 bits per heavy atom. The van der Waals surface area contributed by atoms with Gasteiger partial charge in [0.25, 0.3) is 0 Å². The summed E-state index contributed by atoms with van der Waals surface area (Å²) in [4.78, 5) is 19.0. The van der Waals surface area contributed by atoms with Gasteiger partial charge in [-0.3, -0.25) is 0 Å². The van der Waals surface area contributed by atoms with E-state index in [9.17, 15) is 14.0 Å². The van der Waals surface area contributed by atoms with Crippen molar-refractivity contribution < 1.29 is 28.7 Å². The second-order valence-corrected chi connectivity index (χ2v) is 1.01. The van der Waals surface area contributed by atoms with Gasteiger partial charge < -0.3 is 14.7 Å². The van der Waals surface area contributed by atoms with Crippen LogP contribution < -0.4 is 0 Å². The Morgan fingerprint density at radius 2 is 1.89 bits per heavy atom. The second-order valence-electron chi connectivity index (χ2n) is 1.01. The summed E-state index contributed by atoms with van der Waals surface area (Å²) in [7, 11) is -2.45. The first kappa shape index (κ1) is 8.05. The van der Waals surface area contributed by atoms with Crippen molar-refractivity contribution in [2.75, 3.05) is 0 Å². The molecule has 0 radical (unpaired) electrons. The second kappa shape index (κ2) is 3.15. The normalized spacial score (nSPS) is 8.33. The number of carbonyl (C=O) groups is 2. The van der Waals surface area contributed by atoms with Crippen LogP contribution in [0.1, 0.15) is 0 Å². The topological polar surface area (TPSA) is 83.8 Å². The molecule has 9 heavy (non-hydrogen) atoms. The van der Waals surface area contributed by atoms with Gasteiger partial charge in [0.05, 0.1) is 0 Å². The summed E-state index contributed by atoms with van der Waals surface area (Å²) in [6.45, 7) is 0. The van der Waals surface area contributed by atoms with E-state index in [-0.39, 0.29) is 0 Å². The zero-order valence-electron chi connectivity index (χ0n) is 4.07. The van der Waals surface area contributed by atoms with E-state index in [1.54, 1.807) is 0 Å². The van der Waals surface area contributed by atoms with Gasteiger partial charge in [0, 0.05) is 0 Å². The summed E-state index contributed by atoms with van der Waals surface area (Å²) >= 11 is 0. The van der Waals surface area contributed by atoms with Gasteiger partial charge in [-0.05, 0) is 0 Å². The molecule has 0 spiro atoms. The Labute approximate surface area is 49.2 Å². The van der Waals surface area contributed by atoms with Crippen LogP contribution in [0.25, 0.3) is 0 Å². The van der Waals surface area contributed by atoms with Gasteiger partial charge in [-0.25, -0.2) is 9.59 Å². The van der Waals surface area contributed by atoms with E-state index in [0.29, 0.717) is 0 Å². The molecular weight excluding hydrogens is 134 g/mol. The lowest BCUT2D eigenvalue weighted by molar-refractivity contribution is -0.154.